The van der Waals surface area contributed by atoms with Gasteiger partial charge >= 0.3 is 11.9 Å². The van der Waals surface area contributed by atoms with Crippen molar-refractivity contribution in [1.82, 2.24) is 0 Å². The highest BCUT2D eigenvalue weighted by molar-refractivity contribution is 5.87. The van der Waals surface area contributed by atoms with Crippen LogP contribution in [0.4, 0.5) is 4.39 Å². The lowest BCUT2D eigenvalue weighted by atomic mass is 10.00. The van der Waals surface area contributed by atoms with Gasteiger partial charge in [-0.05, 0) is 53.4 Å². The summed E-state index contributed by atoms with van der Waals surface area (Å²) in [5.74, 6) is -1.16. The van der Waals surface area contributed by atoms with Crippen molar-refractivity contribution >= 4 is 11.9 Å². The summed E-state index contributed by atoms with van der Waals surface area (Å²) in [4.78, 5) is 22.3. The van der Waals surface area contributed by atoms with Crippen LogP contribution in [-0.4, -0.2) is 11.9 Å². The van der Waals surface area contributed by atoms with Gasteiger partial charge in [-0.3, -0.25) is 0 Å². The number of esters is 2. The van der Waals surface area contributed by atoms with Gasteiger partial charge in [0.1, 0.15) is 30.8 Å². The third-order valence-electron chi connectivity index (χ3n) is 4.72. The summed E-state index contributed by atoms with van der Waals surface area (Å²) in [7, 11) is 0. The molecule has 0 aliphatic heterocycles. The predicted octanol–water partition coefficient (Wildman–Crippen LogP) is 6.71. The van der Waals surface area contributed by atoms with Crippen LogP contribution in [0, 0.1) is 5.82 Å². The molecule has 0 atom stereocenters. The number of carbonyl (C=O) groups excluding carboxylic acids is 2. The maximum absolute atomic E-state index is 14.5. The fourth-order valence-corrected chi connectivity index (χ4v) is 2.90. The average molecular weight is 486 g/mol. The molecule has 0 radical (unpaired) electrons. The maximum Gasteiger partial charge on any atom is 0.338 e. The monoisotopic (exact) mass is 486 g/mol. The first-order chi connectivity index (χ1) is 17.4. The zero-order valence-electron chi connectivity index (χ0n) is 19.5. The molecule has 3 rings (SSSR count). The van der Waals surface area contributed by atoms with Crippen molar-refractivity contribution in [2.75, 3.05) is 0 Å². The summed E-state index contributed by atoms with van der Waals surface area (Å²) in [5.41, 5.74) is 3.68. The van der Waals surface area contributed by atoms with Crippen molar-refractivity contribution in [1.29, 1.82) is 0 Å². The molecule has 0 aliphatic carbocycles. The number of hydrogen-bond donors (Lipinski definition) is 0. The van der Waals surface area contributed by atoms with Gasteiger partial charge in [0.15, 0.2) is 11.6 Å². The summed E-state index contributed by atoms with van der Waals surface area (Å²) in [5, 5.41) is 0. The van der Waals surface area contributed by atoms with Crippen LogP contribution >= 0.6 is 0 Å². The Bertz CT molecular complexity index is 1300. The molecular weight excluding hydrogens is 463 g/mol. The maximum atomic E-state index is 14.5. The largest absolute Gasteiger partial charge is 0.462 e. The molecule has 0 amide bonds. The Morgan fingerprint density at radius 2 is 1.28 bits per heavy atom. The Morgan fingerprint density at radius 3 is 1.86 bits per heavy atom. The molecular formula is C29H23FO6. The second-order valence-corrected chi connectivity index (χ2v) is 7.35. The molecule has 0 heterocycles. The highest BCUT2D eigenvalue weighted by Gasteiger charge is 2.07. The van der Waals surface area contributed by atoms with Crippen molar-refractivity contribution in [2.24, 2.45) is 0 Å². The molecule has 0 N–H and O–H groups in total. The fraction of sp³-hybridized carbons (Fsp3) is 0.0345. The van der Waals surface area contributed by atoms with Gasteiger partial charge in [-0.1, -0.05) is 55.6 Å². The van der Waals surface area contributed by atoms with E-state index in [1.54, 1.807) is 18.2 Å². The highest BCUT2D eigenvalue weighted by atomic mass is 19.1. The number of carbonyl (C=O) groups is 2. The highest BCUT2D eigenvalue weighted by Crippen LogP contribution is 2.29. The minimum absolute atomic E-state index is 0.00554. The van der Waals surface area contributed by atoms with E-state index in [1.165, 1.54) is 25.3 Å². The minimum Gasteiger partial charge on any atom is -0.462 e. The molecule has 6 nitrogen and oxygen atoms in total. The summed E-state index contributed by atoms with van der Waals surface area (Å²) in [6, 6.07) is 19.6. The second kappa shape index (κ2) is 12.5. The first-order valence-electron chi connectivity index (χ1n) is 10.7. The molecule has 3 aromatic rings. The smallest absolute Gasteiger partial charge is 0.338 e. The van der Waals surface area contributed by atoms with Crippen molar-refractivity contribution < 1.29 is 32.9 Å². The van der Waals surface area contributed by atoms with Crippen LogP contribution in [-0.2, 0) is 19.1 Å². The lowest BCUT2D eigenvalue weighted by Gasteiger charge is -2.08. The Morgan fingerprint density at radius 1 is 0.750 bits per heavy atom. The number of ether oxygens (including phenoxy) is 4. The van der Waals surface area contributed by atoms with Crippen LogP contribution in [0.25, 0.3) is 22.3 Å². The van der Waals surface area contributed by atoms with E-state index < -0.39 is 17.8 Å². The SMILES string of the molecule is C=CC(=O)O/C=C\Oc1ccc(-c2ccc(-c3ccc(O/C=C\OC(=O)C(=C)C)c(F)c3)cc2)cc1. The third-order valence-corrected chi connectivity index (χ3v) is 4.72. The summed E-state index contributed by atoms with van der Waals surface area (Å²) in [6.45, 7) is 8.27. The molecule has 36 heavy (non-hydrogen) atoms. The lowest BCUT2D eigenvalue weighted by molar-refractivity contribution is -0.134. The van der Waals surface area contributed by atoms with E-state index >= 15 is 0 Å². The molecule has 182 valence electrons. The predicted molar refractivity (Wildman–Crippen MR) is 134 cm³/mol. The Labute approximate surface area is 208 Å². The molecule has 0 aromatic heterocycles. The zero-order valence-corrected chi connectivity index (χ0v) is 19.5. The first-order valence-corrected chi connectivity index (χ1v) is 10.7. The van der Waals surface area contributed by atoms with E-state index in [0.717, 1.165) is 41.6 Å². The zero-order chi connectivity index (χ0) is 25.9. The molecule has 0 bridgehead atoms. The van der Waals surface area contributed by atoms with Gasteiger partial charge in [0.2, 0.25) is 0 Å². The van der Waals surface area contributed by atoms with E-state index in [4.69, 9.17) is 14.2 Å². The van der Waals surface area contributed by atoms with E-state index in [2.05, 4.69) is 17.9 Å². The van der Waals surface area contributed by atoms with Crippen molar-refractivity contribution in [3.05, 3.63) is 122 Å². The van der Waals surface area contributed by atoms with Crippen LogP contribution in [0.3, 0.4) is 0 Å². The molecule has 0 spiro atoms. The summed E-state index contributed by atoms with van der Waals surface area (Å²) in [6.07, 6.45) is 5.56. The molecule has 0 saturated carbocycles. The number of rotatable bonds is 10. The van der Waals surface area contributed by atoms with Gasteiger partial charge in [0, 0.05) is 11.6 Å². The van der Waals surface area contributed by atoms with Crippen LogP contribution in [0.2, 0.25) is 0 Å². The van der Waals surface area contributed by atoms with E-state index in [-0.39, 0.29) is 11.3 Å². The Kier molecular flexibility index (Phi) is 8.94. The Balaban J connectivity index is 1.61. The third kappa shape index (κ3) is 7.30. The Hall–Kier alpha value is -4.91. The molecule has 0 aliphatic rings. The van der Waals surface area contributed by atoms with Crippen LogP contribution in [0.1, 0.15) is 6.92 Å². The van der Waals surface area contributed by atoms with Gasteiger partial charge in [0.05, 0.1) is 0 Å². The van der Waals surface area contributed by atoms with Gasteiger partial charge in [-0.15, -0.1) is 0 Å². The minimum atomic E-state index is -0.598. The second-order valence-electron chi connectivity index (χ2n) is 7.35. The first kappa shape index (κ1) is 25.7. The van der Waals surface area contributed by atoms with Crippen LogP contribution in [0.5, 0.6) is 11.5 Å². The van der Waals surface area contributed by atoms with Crippen LogP contribution in [0.15, 0.2) is 117 Å². The average Bonchev–Trinajstić information content (AvgIpc) is 2.90. The van der Waals surface area contributed by atoms with Gasteiger partial charge < -0.3 is 18.9 Å². The molecule has 3 aromatic carbocycles. The van der Waals surface area contributed by atoms with E-state index in [9.17, 15) is 14.0 Å². The number of benzene rings is 3. The van der Waals surface area contributed by atoms with Crippen LogP contribution < -0.4 is 9.47 Å². The molecule has 0 saturated heterocycles. The van der Waals surface area contributed by atoms with Gasteiger partial charge in [-0.25, -0.2) is 14.0 Å². The van der Waals surface area contributed by atoms with E-state index in [0.29, 0.717) is 11.3 Å². The molecule has 7 heteroatoms. The number of halogens is 1. The van der Waals surface area contributed by atoms with Crippen molar-refractivity contribution in [3.63, 3.8) is 0 Å². The quantitative estimate of drug-likeness (QED) is 0.180. The molecule has 0 unspecified atom stereocenters. The standard InChI is InChI=1S/C29H23FO6/c1-4-28(31)35-17-15-33-25-12-9-22(10-13-25)21-5-7-23(8-6-21)24-11-14-27(26(30)19-24)34-16-18-36-29(32)20(2)3/h4-19H,1-2H2,3H3/b17-15-,18-16-. The fourth-order valence-electron chi connectivity index (χ4n) is 2.90. The summed E-state index contributed by atoms with van der Waals surface area (Å²) >= 11 is 0. The van der Waals surface area contributed by atoms with Crippen molar-refractivity contribution in [3.8, 4) is 33.8 Å². The van der Waals surface area contributed by atoms with Gasteiger partial charge in [0.25, 0.3) is 0 Å². The number of hydrogen-bond acceptors (Lipinski definition) is 6. The lowest BCUT2D eigenvalue weighted by Crippen LogP contribution is -1.99. The molecule has 0 fully saturated rings. The summed E-state index contributed by atoms with van der Waals surface area (Å²) < 4.78 is 34.5. The van der Waals surface area contributed by atoms with Gasteiger partial charge in [-0.2, -0.15) is 0 Å². The normalized spacial score (nSPS) is 10.7. The topological polar surface area (TPSA) is 71.1 Å². The van der Waals surface area contributed by atoms with E-state index in [1.807, 2.05) is 36.4 Å². The van der Waals surface area contributed by atoms with Crippen molar-refractivity contribution in [2.45, 2.75) is 6.92 Å².